The van der Waals surface area contributed by atoms with Gasteiger partial charge in [-0.1, -0.05) is 19.1 Å². The quantitative estimate of drug-likeness (QED) is 0.725. The molecule has 0 spiro atoms. The van der Waals surface area contributed by atoms with Gasteiger partial charge in [-0.2, -0.15) is 0 Å². The van der Waals surface area contributed by atoms with E-state index in [-0.39, 0.29) is 16.8 Å². The lowest BCUT2D eigenvalue weighted by Gasteiger charge is -2.15. The zero-order valence-electron chi connectivity index (χ0n) is 11.3. The number of nitrogens with one attached hydrogen (secondary N) is 2. The summed E-state index contributed by atoms with van der Waals surface area (Å²) in [7, 11) is -3.67. The molecule has 0 aliphatic carbocycles. The molecule has 0 bridgehead atoms. The first-order valence-electron chi connectivity index (χ1n) is 6.51. The summed E-state index contributed by atoms with van der Waals surface area (Å²) in [5.74, 6) is 0.310. The van der Waals surface area contributed by atoms with Gasteiger partial charge in [0.2, 0.25) is 15.9 Å². The van der Waals surface area contributed by atoms with E-state index in [2.05, 4.69) is 10.6 Å². The van der Waals surface area contributed by atoms with Crippen LogP contribution in [0.5, 0.6) is 0 Å². The average molecular weight is 297 g/mol. The van der Waals surface area contributed by atoms with Gasteiger partial charge in [-0.25, -0.2) is 13.6 Å². The summed E-state index contributed by atoms with van der Waals surface area (Å²) in [5, 5.41) is 11.0. The van der Waals surface area contributed by atoms with E-state index in [1.165, 1.54) is 12.1 Å². The zero-order chi connectivity index (χ0) is 14.8. The molecule has 6 nitrogen and oxygen atoms in total. The molecule has 1 aliphatic rings. The standard InChI is InChI=1S/C13H19N3O3S/c1-9-6-7-15-12(9)13(17)16-8-10-2-4-11(5-3-10)20(14,18)19/h2-5,9,12,15H,6-8H2,1H3,(H,16,17)(H2,14,18,19). The monoisotopic (exact) mass is 297 g/mol. The van der Waals surface area contributed by atoms with Gasteiger partial charge in [-0.3, -0.25) is 4.79 Å². The van der Waals surface area contributed by atoms with Crippen molar-refractivity contribution in [2.24, 2.45) is 11.1 Å². The highest BCUT2D eigenvalue weighted by Crippen LogP contribution is 2.14. The lowest BCUT2D eigenvalue weighted by Crippen LogP contribution is -2.42. The predicted octanol–water partition coefficient (Wildman–Crippen LogP) is -0.0518. The number of sulfonamides is 1. The Labute approximate surface area is 118 Å². The van der Waals surface area contributed by atoms with Gasteiger partial charge >= 0.3 is 0 Å². The summed E-state index contributed by atoms with van der Waals surface area (Å²) in [5.41, 5.74) is 0.830. The fraction of sp³-hybridized carbons (Fsp3) is 0.462. The third-order valence-electron chi connectivity index (χ3n) is 3.53. The Kier molecular flexibility index (Phi) is 4.42. The molecule has 2 rings (SSSR count). The normalized spacial score (nSPS) is 22.7. The predicted molar refractivity (Wildman–Crippen MR) is 75.2 cm³/mol. The van der Waals surface area contributed by atoms with Gasteiger partial charge in [0.1, 0.15) is 0 Å². The van der Waals surface area contributed by atoms with E-state index in [1.54, 1.807) is 12.1 Å². The van der Waals surface area contributed by atoms with Crippen molar-refractivity contribution in [1.82, 2.24) is 10.6 Å². The van der Waals surface area contributed by atoms with Crippen LogP contribution in [-0.4, -0.2) is 26.9 Å². The van der Waals surface area contributed by atoms with E-state index in [0.717, 1.165) is 18.5 Å². The van der Waals surface area contributed by atoms with Crippen molar-refractivity contribution < 1.29 is 13.2 Å². The molecule has 0 saturated carbocycles. The maximum Gasteiger partial charge on any atom is 0.238 e. The first kappa shape index (κ1) is 15.0. The van der Waals surface area contributed by atoms with Crippen LogP contribution in [0.15, 0.2) is 29.2 Å². The summed E-state index contributed by atoms with van der Waals surface area (Å²) in [6.07, 6.45) is 1.00. The Balaban J connectivity index is 1.93. The molecular formula is C13H19N3O3S. The van der Waals surface area contributed by atoms with Crippen molar-refractivity contribution in [1.29, 1.82) is 0 Å². The number of carbonyl (C=O) groups excluding carboxylic acids is 1. The van der Waals surface area contributed by atoms with Crippen LogP contribution < -0.4 is 15.8 Å². The van der Waals surface area contributed by atoms with E-state index in [0.29, 0.717) is 12.5 Å². The van der Waals surface area contributed by atoms with Crippen LogP contribution in [0.4, 0.5) is 0 Å². The average Bonchev–Trinajstić information content (AvgIpc) is 2.82. The maximum absolute atomic E-state index is 12.0. The summed E-state index contributed by atoms with van der Waals surface area (Å²) >= 11 is 0. The lowest BCUT2D eigenvalue weighted by atomic mass is 10.0. The second-order valence-corrected chi connectivity index (χ2v) is 6.67. The van der Waals surface area contributed by atoms with Crippen LogP contribution in [0.25, 0.3) is 0 Å². The summed E-state index contributed by atoms with van der Waals surface area (Å²) < 4.78 is 22.2. The molecule has 1 saturated heterocycles. The van der Waals surface area contributed by atoms with Crippen molar-refractivity contribution in [2.75, 3.05) is 6.54 Å². The highest BCUT2D eigenvalue weighted by atomic mass is 32.2. The molecule has 7 heteroatoms. The van der Waals surface area contributed by atoms with Crippen LogP contribution in [-0.2, 0) is 21.4 Å². The fourth-order valence-electron chi connectivity index (χ4n) is 2.28. The minimum atomic E-state index is -3.67. The zero-order valence-corrected chi connectivity index (χ0v) is 12.1. The van der Waals surface area contributed by atoms with Crippen molar-refractivity contribution in [2.45, 2.75) is 30.8 Å². The van der Waals surface area contributed by atoms with Crippen LogP contribution >= 0.6 is 0 Å². The first-order valence-corrected chi connectivity index (χ1v) is 8.05. The molecule has 1 fully saturated rings. The Morgan fingerprint density at radius 1 is 1.40 bits per heavy atom. The number of benzene rings is 1. The number of hydrogen-bond acceptors (Lipinski definition) is 4. The van der Waals surface area contributed by atoms with Crippen molar-refractivity contribution in [3.05, 3.63) is 29.8 Å². The number of rotatable bonds is 4. The minimum absolute atomic E-state index is 0.0227. The SMILES string of the molecule is CC1CCNC1C(=O)NCc1ccc(S(N)(=O)=O)cc1. The van der Waals surface area contributed by atoms with Gasteiger partial charge in [-0.05, 0) is 36.6 Å². The second-order valence-electron chi connectivity index (χ2n) is 5.10. The molecule has 0 radical (unpaired) electrons. The lowest BCUT2D eigenvalue weighted by molar-refractivity contribution is -0.123. The van der Waals surface area contributed by atoms with Crippen LogP contribution in [0.1, 0.15) is 18.9 Å². The van der Waals surface area contributed by atoms with Crippen molar-refractivity contribution >= 4 is 15.9 Å². The molecule has 1 aromatic carbocycles. The molecule has 1 aliphatic heterocycles. The maximum atomic E-state index is 12.0. The molecule has 20 heavy (non-hydrogen) atoms. The molecule has 1 amide bonds. The van der Waals surface area contributed by atoms with E-state index in [9.17, 15) is 13.2 Å². The Morgan fingerprint density at radius 2 is 2.05 bits per heavy atom. The smallest absolute Gasteiger partial charge is 0.238 e. The van der Waals surface area contributed by atoms with Gasteiger partial charge in [0.05, 0.1) is 10.9 Å². The topological polar surface area (TPSA) is 101 Å². The third kappa shape index (κ3) is 3.56. The van der Waals surface area contributed by atoms with Gasteiger partial charge in [-0.15, -0.1) is 0 Å². The Morgan fingerprint density at radius 3 is 2.55 bits per heavy atom. The Bertz CT molecular complexity index is 583. The number of hydrogen-bond donors (Lipinski definition) is 3. The van der Waals surface area contributed by atoms with Crippen molar-refractivity contribution in [3.63, 3.8) is 0 Å². The number of primary sulfonamides is 1. The number of carbonyl (C=O) groups is 1. The largest absolute Gasteiger partial charge is 0.351 e. The summed E-state index contributed by atoms with van der Waals surface area (Å²) in [6, 6.07) is 6.02. The molecule has 4 N–H and O–H groups in total. The number of amides is 1. The second kappa shape index (κ2) is 5.90. The Hall–Kier alpha value is -1.44. The first-order chi connectivity index (χ1) is 9.38. The van der Waals surface area contributed by atoms with E-state index < -0.39 is 10.0 Å². The van der Waals surface area contributed by atoms with Crippen LogP contribution in [0, 0.1) is 5.92 Å². The number of nitrogens with two attached hydrogens (primary N) is 1. The highest BCUT2D eigenvalue weighted by Gasteiger charge is 2.28. The van der Waals surface area contributed by atoms with E-state index >= 15 is 0 Å². The fourth-order valence-corrected chi connectivity index (χ4v) is 2.80. The van der Waals surface area contributed by atoms with Gasteiger partial charge < -0.3 is 10.6 Å². The molecule has 2 unspecified atom stereocenters. The van der Waals surface area contributed by atoms with Crippen LogP contribution in [0.3, 0.4) is 0 Å². The molecular weight excluding hydrogens is 278 g/mol. The third-order valence-corrected chi connectivity index (χ3v) is 4.46. The molecule has 1 heterocycles. The van der Waals surface area contributed by atoms with Gasteiger partial charge in [0.25, 0.3) is 0 Å². The molecule has 110 valence electrons. The minimum Gasteiger partial charge on any atom is -0.351 e. The molecule has 0 aromatic heterocycles. The van der Waals surface area contributed by atoms with Gasteiger partial charge in [0, 0.05) is 6.54 Å². The van der Waals surface area contributed by atoms with Crippen molar-refractivity contribution in [3.8, 4) is 0 Å². The van der Waals surface area contributed by atoms with Gasteiger partial charge in [0.15, 0.2) is 0 Å². The summed E-state index contributed by atoms with van der Waals surface area (Å²) in [6.45, 7) is 3.28. The molecule has 2 atom stereocenters. The highest BCUT2D eigenvalue weighted by molar-refractivity contribution is 7.89. The van der Waals surface area contributed by atoms with Crippen LogP contribution in [0.2, 0.25) is 0 Å². The van der Waals surface area contributed by atoms with E-state index in [1.807, 2.05) is 6.92 Å². The summed E-state index contributed by atoms with van der Waals surface area (Å²) in [4.78, 5) is 12.0. The molecule has 1 aromatic rings. The van der Waals surface area contributed by atoms with E-state index in [4.69, 9.17) is 5.14 Å².